The van der Waals surface area contributed by atoms with Gasteiger partial charge in [0.05, 0.1) is 17.2 Å². The van der Waals surface area contributed by atoms with Crippen molar-refractivity contribution in [3.63, 3.8) is 0 Å². The molecule has 0 aliphatic carbocycles. The molecule has 1 fully saturated rings. The van der Waals surface area contributed by atoms with Gasteiger partial charge < -0.3 is 5.32 Å². The van der Waals surface area contributed by atoms with Gasteiger partial charge in [0.15, 0.2) is 0 Å². The predicted molar refractivity (Wildman–Crippen MR) is 65.5 cm³/mol. The lowest BCUT2D eigenvalue weighted by Crippen LogP contribution is -2.18. The van der Waals surface area contributed by atoms with Crippen LogP contribution in [0.25, 0.3) is 0 Å². The van der Waals surface area contributed by atoms with Crippen LogP contribution in [0.15, 0.2) is 18.2 Å². The lowest BCUT2D eigenvalue weighted by Gasteiger charge is -2.15. The van der Waals surface area contributed by atoms with Crippen LogP contribution in [0.3, 0.4) is 0 Å². The monoisotopic (exact) mass is 272 g/mol. The number of hydrogen-bond acceptors (Lipinski definition) is 3. The van der Waals surface area contributed by atoms with Gasteiger partial charge in [0.25, 0.3) is 0 Å². The molecular weight excluding hydrogens is 261 g/mol. The summed E-state index contributed by atoms with van der Waals surface area (Å²) in [5.74, 6) is 1.93. The highest BCUT2D eigenvalue weighted by atomic mass is 32.2. The van der Waals surface area contributed by atoms with Crippen molar-refractivity contribution in [3.8, 4) is 6.07 Å². The molecule has 2 rings (SSSR count). The van der Waals surface area contributed by atoms with E-state index in [1.54, 1.807) is 17.8 Å². The highest BCUT2D eigenvalue weighted by molar-refractivity contribution is 7.99. The number of nitriles is 1. The van der Waals surface area contributed by atoms with Crippen molar-refractivity contribution in [2.75, 3.05) is 16.8 Å². The Morgan fingerprint density at radius 2 is 2.17 bits per heavy atom. The molecule has 1 atom stereocenters. The Hall–Kier alpha value is -1.35. The maximum absolute atomic E-state index is 12.7. The summed E-state index contributed by atoms with van der Waals surface area (Å²) < 4.78 is 38.2. The van der Waals surface area contributed by atoms with Crippen molar-refractivity contribution in [2.45, 2.75) is 18.6 Å². The number of thioether (sulfide) groups is 1. The van der Waals surface area contributed by atoms with E-state index >= 15 is 0 Å². The molecule has 0 aromatic heterocycles. The predicted octanol–water partition coefficient (Wildman–Crippen LogP) is 3.49. The average molecular weight is 272 g/mol. The summed E-state index contributed by atoms with van der Waals surface area (Å²) in [7, 11) is 0. The molecule has 0 bridgehead atoms. The molecule has 0 radical (unpaired) electrons. The van der Waals surface area contributed by atoms with E-state index < -0.39 is 11.7 Å². The van der Waals surface area contributed by atoms with Crippen molar-refractivity contribution in [1.29, 1.82) is 5.26 Å². The minimum atomic E-state index is -4.49. The molecule has 1 aliphatic heterocycles. The fourth-order valence-corrected chi connectivity index (χ4v) is 3.00. The first-order valence-corrected chi connectivity index (χ1v) is 6.62. The molecule has 0 amide bonds. The smallest absolute Gasteiger partial charge is 0.381 e. The van der Waals surface area contributed by atoms with E-state index in [4.69, 9.17) is 5.26 Å². The maximum Gasteiger partial charge on any atom is 0.417 e. The Labute approximate surface area is 107 Å². The molecule has 1 aromatic rings. The largest absolute Gasteiger partial charge is 0.417 e. The Kier molecular flexibility index (Phi) is 3.71. The van der Waals surface area contributed by atoms with Crippen LogP contribution in [0, 0.1) is 11.3 Å². The summed E-state index contributed by atoms with van der Waals surface area (Å²) in [4.78, 5) is 0. The molecule has 96 valence electrons. The first-order valence-electron chi connectivity index (χ1n) is 5.46. The van der Waals surface area contributed by atoms with E-state index in [-0.39, 0.29) is 11.6 Å². The molecule has 0 spiro atoms. The second-order valence-corrected chi connectivity index (χ2v) is 5.22. The normalized spacial score (nSPS) is 19.6. The molecule has 6 heteroatoms. The SMILES string of the molecule is N#Cc1ccc(NC2CCSC2)cc1C(F)(F)F. The topological polar surface area (TPSA) is 35.8 Å². The fraction of sp³-hybridized carbons (Fsp3) is 0.417. The summed E-state index contributed by atoms with van der Waals surface area (Å²) in [5.41, 5.74) is -0.789. The van der Waals surface area contributed by atoms with Crippen molar-refractivity contribution in [2.24, 2.45) is 0 Å². The van der Waals surface area contributed by atoms with Crippen LogP contribution < -0.4 is 5.32 Å². The van der Waals surface area contributed by atoms with Crippen LogP contribution in [0.1, 0.15) is 17.5 Å². The number of nitrogens with zero attached hydrogens (tertiary/aromatic N) is 1. The summed E-state index contributed by atoms with van der Waals surface area (Å²) in [6, 6.07) is 5.54. The van der Waals surface area contributed by atoms with Gasteiger partial charge >= 0.3 is 6.18 Å². The van der Waals surface area contributed by atoms with Crippen LogP contribution in [0.2, 0.25) is 0 Å². The Morgan fingerprint density at radius 1 is 1.39 bits per heavy atom. The number of anilines is 1. The molecule has 18 heavy (non-hydrogen) atoms. The first-order chi connectivity index (χ1) is 8.50. The number of hydrogen-bond donors (Lipinski definition) is 1. The van der Waals surface area contributed by atoms with Crippen LogP contribution in [0.4, 0.5) is 18.9 Å². The third-order valence-electron chi connectivity index (χ3n) is 2.75. The Morgan fingerprint density at radius 3 is 2.72 bits per heavy atom. The first kappa shape index (κ1) is 13.1. The van der Waals surface area contributed by atoms with Gasteiger partial charge in [-0.25, -0.2) is 0 Å². The zero-order chi connectivity index (χ0) is 13.2. The summed E-state index contributed by atoms with van der Waals surface area (Å²) in [6.45, 7) is 0. The van der Waals surface area contributed by atoms with Crippen molar-refractivity contribution >= 4 is 17.4 Å². The van der Waals surface area contributed by atoms with Crippen LogP contribution >= 0.6 is 11.8 Å². The van der Waals surface area contributed by atoms with E-state index in [1.807, 2.05) is 0 Å². The number of benzene rings is 1. The van der Waals surface area contributed by atoms with Crippen LogP contribution in [0.5, 0.6) is 0 Å². The standard InChI is InChI=1S/C12H11F3N2S/c13-12(14,15)11-5-9(2-1-8(11)6-16)17-10-3-4-18-7-10/h1-2,5,10,17H,3-4,7H2. The maximum atomic E-state index is 12.7. The second-order valence-electron chi connectivity index (χ2n) is 4.07. The quantitative estimate of drug-likeness (QED) is 0.895. The third kappa shape index (κ3) is 2.91. The van der Waals surface area contributed by atoms with Gasteiger partial charge in [0.1, 0.15) is 0 Å². The van der Waals surface area contributed by atoms with Crippen molar-refractivity contribution < 1.29 is 13.2 Å². The van der Waals surface area contributed by atoms with Gasteiger partial charge in [0.2, 0.25) is 0 Å². The Balaban J connectivity index is 2.25. The van der Waals surface area contributed by atoms with Gasteiger partial charge in [-0.3, -0.25) is 0 Å². The van der Waals surface area contributed by atoms with E-state index in [9.17, 15) is 13.2 Å². The molecule has 2 nitrogen and oxygen atoms in total. The van der Waals surface area contributed by atoms with Crippen molar-refractivity contribution in [3.05, 3.63) is 29.3 Å². The van der Waals surface area contributed by atoms with Crippen LogP contribution in [-0.2, 0) is 6.18 Å². The van der Waals surface area contributed by atoms with Gasteiger partial charge in [-0.05, 0) is 30.4 Å². The highest BCUT2D eigenvalue weighted by Gasteiger charge is 2.34. The highest BCUT2D eigenvalue weighted by Crippen LogP contribution is 2.34. The minimum Gasteiger partial charge on any atom is -0.381 e. The number of alkyl halides is 3. The van der Waals surface area contributed by atoms with E-state index in [0.717, 1.165) is 24.0 Å². The molecule has 1 unspecified atom stereocenters. The molecule has 1 heterocycles. The van der Waals surface area contributed by atoms with Gasteiger partial charge in [-0.2, -0.15) is 30.2 Å². The lowest BCUT2D eigenvalue weighted by atomic mass is 10.1. The zero-order valence-corrected chi connectivity index (χ0v) is 10.2. The van der Waals surface area contributed by atoms with E-state index in [2.05, 4.69) is 5.32 Å². The molecular formula is C12H11F3N2S. The third-order valence-corrected chi connectivity index (χ3v) is 3.91. The molecule has 0 saturated carbocycles. The minimum absolute atomic E-state index is 0.212. The van der Waals surface area contributed by atoms with E-state index in [1.165, 1.54) is 12.1 Å². The molecule has 1 aliphatic rings. The molecule has 1 N–H and O–H groups in total. The van der Waals surface area contributed by atoms with Gasteiger partial charge in [0, 0.05) is 17.5 Å². The number of rotatable bonds is 2. The second kappa shape index (κ2) is 5.11. The molecule has 1 saturated heterocycles. The lowest BCUT2D eigenvalue weighted by molar-refractivity contribution is -0.137. The van der Waals surface area contributed by atoms with Crippen molar-refractivity contribution in [1.82, 2.24) is 0 Å². The van der Waals surface area contributed by atoms with Gasteiger partial charge in [-0.15, -0.1) is 0 Å². The fourth-order valence-electron chi connectivity index (χ4n) is 1.85. The average Bonchev–Trinajstić information content (AvgIpc) is 2.80. The van der Waals surface area contributed by atoms with Gasteiger partial charge in [-0.1, -0.05) is 0 Å². The van der Waals surface area contributed by atoms with E-state index in [0.29, 0.717) is 5.69 Å². The zero-order valence-electron chi connectivity index (χ0n) is 9.42. The summed E-state index contributed by atoms with van der Waals surface area (Å²) in [6.07, 6.45) is -3.54. The summed E-state index contributed by atoms with van der Waals surface area (Å²) >= 11 is 1.78. The number of nitrogens with one attached hydrogen (secondary N) is 1. The number of halogens is 3. The molecule has 1 aromatic carbocycles. The summed E-state index contributed by atoms with van der Waals surface area (Å²) in [5, 5.41) is 11.8. The van der Waals surface area contributed by atoms with Crippen LogP contribution in [-0.4, -0.2) is 17.5 Å². The Bertz CT molecular complexity index is 473.